The van der Waals surface area contributed by atoms with Gasteiger partial charge in [-0.25, -0.2) is 0 Å². The van der Waals surface area contributed by atoms with Crippen LogP contribution in [0, 0.1) is 22.7 Å². The monoisotopic (exact) mass is 322 g/mol. The van der Waals surface area contributed by atoms with Gasteiger partial charge in [-0.3, -0.25) is 0 Å². The third-order valence-corrected chi connectivity index (χ3v) is 2.75. The maximum absolute atomic E-state index is 12.9. The van der Waals surface area contributed by atoms with Crippen LogP contribution in [0.4, 0.5) is 13.2 Å². The van der Waals surface area contributed by atoms with Crippen LogP contribution < -0.4 is 4.74 Å². The second kappa shape index (κ2) is 8.02. The number of halogens is 3. The van der Waals surface area contributed by atoms with E-state index in [0.29, 0.717) is 12.5 Å². The summed E-state index contributed by atoms with van der Waals surface area (Å²) in [6.07, 6.45) is -1.44. The third-order valence-electron chi connectivity index (χ3n) is 2.75. The fourth-order valence-corrected chi connectivity index (χ4v) is 1.60. The summed E-state index contributed by atoms with van der Waals surface area (Å²) in [5.74, 6) is -0.0756. The van der Waals surface area contributed by atoms with Crippen LogP contribution in [0.2, 0.25) is 0 Å². The summed E-state index contributed by atoms with van der Waals surface area (Å²) >= 11 is 0. The molecule has 0 atom stereocenters. The minimum Gasteiger partial charge on any atom is -0.456 e. The maximum atomic E-state index is 12.9. The molecule has 1 N–H and O–H groups in total. The van der Waals surface area contributed by atoms with Gasteiger partial charge in [-0.2, -0.15) is 23.7 Å². The lowest BCUT2D eigenvalue weighted by Gasteiger charge is -2.12. The van der Waals surface area contributed by atoms with Crippen LogP contribution in [-0.2, 0) is 6.18 Å². The molecule has 0 heterocycles. The molecule has 120 valence electrons. The Bertz CT molecular complexity index is 708. The Morgan fingerprint density at radius 2 is 2.04 bits per heavy atom. The van der Waals surface area contributed by atoms with Crippen molar-refractivity contribution in [2.24, 2.45) is 0 Å². The van der Waals surface area contributed by atoms with Crippen molar-refractivity contribution in [3.63, 3.8) is 0 Å². The molecule has 1 rings (SSSR count). The molecular weight excluding hydrogens is 309 g/mol. The molecule has 7 heteroatoms. The van der Waals surface area contributed by atoms with E-state index < -0.39 is 17.3 Å². The predicted molar refractivity (Wildman–Crippen MR) is 75.9 cm³/mol. The van der Waals surface area contributed by atoms with Crippen LogP contribution >= 0.6 is 0 Å². The van der Waals surface area contributed by atoms with Gasteiger partial charge in [0, 0.05) is 6.61 Å². The van der Waals surface area contributed by atoms with Crippen molar-refractivity contribution >= 4 is 0 Å². The van der Waals surface area contributed by atoms with Gasteiger partial charge < -0.3 is 9.84 Å². The first-order chi connectivity index (χ1) is 10.8. The first-order valence-corrected chi connectivity index (χ1v) is 6.51. The lowest BCUT2D eigenvalue weighted by Crippen LogP contribution is -2.08. The highest BCUT2D eigenvalue weighted by molar-refractivity contribution is 5.45. The molecule has 0 radical (unpaired) electrons. The molecule has 0 aliphatic rings. The van der Waals surface area contributed by atoms with Crippen LogP contribution in [0.5, 0.6) is 5.75 Å². The van der Waals surface area contributed by atoms with Crippen molar-refractivity contribution in [1.29, 1.82) is 10.5 Å². The van der Waals surface area contributed by atoms with Crippen LogP contribution in [0.15, 0.2) is 41.7 Å². The summed E-state index contributed by atoms with van der Waals surface area (Å²) in [7, 11) is 0. The van der Waals surface area contributed by atoms with Crippen molar-refractivity contribution in [3.05, 3.63) is 52.8 Å². The van der Waals surface area contributed by atoms with Crippen LogP contribution in [0.1, 0.15) is 24.5 Å². The van der Waals surface area contributed by atoms with Gasteiger partial charge in [0.15, 0.2) is 0 Å². The van der Waals surface area contributed by atoms with Crippen molar-refractivity contribution in [2.45, 2.75) is 19.5 Å². The molecule has 0 aromatic heterocycles. The topological polar surface area (TPSA) is 77.0 Å². The van der Waals surface area contributed by atoms with Crippen molar-refractivity contribution in [3.8, 4) is 17.9 Å². The number of hydrogen-bond acceptors (Lipinski definition) is 4. The van der Waals surface area contributed by atoms with E-state index >= 15 is 0 Å². The first-order valence-electron chi connectivity index (χ1n) is 6.51. The number of aliphatic hydroxyl groups excluding tert-OH is 1. The normalized spacial score (nSPS) is 12.5. The summed E-state index contributed by atoms with van der Waals surface area (Å²) in [5.41, 5.74) is -1.45. The molecule has 1 aromatic rings. The highest BCUT2D eigenvalue weighted by Crippen LogP contribution is 2.34. The van der Waals surface area contributed by atoms with Gasteiger partial charge in [0.1, 0.15) is 11.5 Å². The third kappa shape index (κ3) is 5.17. The summed E-state index contributed by atoms with van der Waals surface area (Å²) < 4.78 is 44.1. The summed E-state index contributed by atoms with van der Waals surface area (Å²) in [6, 6.07) is 6.26. The predicted octanol–water partition coefficient (Wildman–Crippen LogP) is 3.69. The smallest absolute Gasteiger partial charge is 0.417 e. The Kier molecular flexibility index (Phi) is 6.37. The van der Waals surface area contributed by atoms with Crippen molar-refractivity contribution in [1.82, 2.24) is 0 Å². The summed E-state index contributed by atoms with van der Waals surface area (Å²) in [6.45, 7) is 1.34. The molecule has 4 nitrogen and oxygen atoms in total. The van der Waals surface area contributed by atoms with E-state index in [-0.39, 0.29) is 23.7 Å². The Balaban J connectivity index is 3.21. The van der Waals surface area contributed by atoms with Crippen molar-refractivity contribution < 1.29 is 23.0 Å². The van der Waals surface area contributed by atoms with Gasteiger partial charge in [-0.15, -0.1) is 0 Å². The molecule has 0 saturated carbocycles. The van der Waals surface area contributed by atoms with E-state index in [1.54, 1.807) is 0 Å². The Morgan fingerprint density at radius 1 is 1.35 bits per heavy atom. The van der Waals surface area contributed by atoms with Crippen LogP contribution in [-0.4, -0.2) is 11.7 Å². The largest absolute Gasteiger partial charge is 0.456 e. The lowest BCUT2D eigenvalue weighted by atomic mass is 10.1. The second-order valence-corrected chi connectivity index (χ2v) is 4.43. The number of nitriles is 2. The molecule has 0 unspecified atom stereocenters. The van der Waals surface area contributed by atoms with Gasteiger partial charge in [0.2, 0.25) is 0 Å². The molecular formula is C16H13F3N2O2. The van der Waals surface area contributed by atoms with Gasteiger partial charge in [-0.1, -0.05) is 6.08 Å². The van der Waals surface area contributed by atoms with Gasteiger partial charge in [0.25, 0.3) is 0 Å². The Labute approximate surface area is 131 Å². The zero-order valence-electron chi connectivity index (χ0n) is 12.2. The first kappa shape index (κ1) is 18.3. The van der Waals surface area contributed by atoms with E-state index in [1.165, 1.54) is 31.2 Å². The maximum Gasteiger partial charge on any atom is 0.417 e. The average molecular weight is 322 g/mol. The number of hydrogen-bond donors (Lipinski definition) is 1. The van der Waals surface area contributed by atoms with E-state index in [1.807, 2.05) is 6.07 Å². The molecule has 0 aliphatic carbocycles. The van der Waals surface area contributed by atoms with E-state index in [2.05, 4.69) is 0 Å². The number of benzene rings is 1. The number of allylic oxidation sites excluding steroid dienone is 2. The summed E-state index contributed by atoms with van der Waals surface area (Å²) in [5, 5.41) is 26.4. The van der Waals surface area contributed by atoms with E-state index in [4.69, 9.17) is 20.4 Å². The molecule has 0 bridgehead atoms. The van der Waals surface area contributed by atoms with Crippen LogP contribution in [0.25, 0.3) is 0 Å². The minimum atomic E-state index is -4.69. The minimum absolute atomic E-state index is 0.0683. The average Bonchev–Trinajstić information content (AvgIpc) is 2.52. The molecule has 0 spiro atoms. The highest BCUT2D eigenvalue weighted by Gasteiger charge is 2.34. The van der Waals surface area contributed by atoms with Gasteiger partial charge in [0.05, 0.1) is 28.8 Å². The number of alkyl halides is 3. The Hall–Kier alpha value is -2.77. The molecule has 0 amide bonds. The van der Waals surface area contributed by atoms with Crippen LogP contribution in [0.3, 0.4) is 0 Å². The fraction of sp³-hybridized carbons (Fsp3) is 0.250. The number of aliphatic hydroxyl groups is 1. The quantitative estimate of drug-likeness (QED) is 0.509. The highest BCUT2D eigenvalue weighted by atomic mass is 19.4. The number of ether oxygens (including phenoxy) is 1. The standard InChI is InChI=1S/C16H13F3N2O2/c1-11(9-20)15(4-2-3-7-22)23-13-6-5-12(10-21)14(8-13)16(17,18)19/h2,4-6,8,22H,3,7H2,1H3/b4-2-,15-11-. The van der Waals surface area contributed by atoms with Crippen molar-refractivity contribution in [2.75, 3.05) is 6.61 Å². The summed E-state index contributed by atoms with van der Waals surface area (Å²) in [4.78, 5) is 0. The SMILES string of the molecule is C/C(C#N)=C(\C=C/CCO)Oc1ccc(C#N)c(C(F)(F)F)c1. The Morgan fingerprint density at radius 3 is 2.57 bits per heavy atom. The molecule has 0 saturated heterocycles. The molecule has 0 fully saturated rings. The van der Waals surface area contributed by atoms with E-state index in [0.717, 1.165) is 6.07 Å². The number of rotatable bonds is 5. The zero-order valence-corrected chi connectivity index (χ0v) is 12.2. The van der Waals surface area contributed by atoms with Gasteiger partial charge >= 0.3 is 6.18 Å². The zero-order chi connectivity index (χ0) is 17.5. The number of nitrogens with zero attached hydrogens (tertiary/aromatic N) is 2. The molecule has 23 heavy (non-hydrogen) atoms. The second-order valence-electron chi connectivity index (χ2n) is 4.43. The molecule has 0 aliphatic heterocycles. The van der Waals surface area contributed by atoms with E-state index in [9.17, 15) is 13.2 Å². The lowest BCUT2D eigenvalue weighted by molar-refractivity contribution is -0.137. The molecule has 1 aromatic carbocycles. The van der Waals surface area contributed by atoms with Gasteiger partial charge in [-0.05, 0) is 37.6 Å². The fourth-order valence-electron chi connectivity index (χ4n) is 1.60.